The van der Waals surface area contributed by atoms with Crippen molar-refractivity contribution in [1.82, 2.24) is 4.90 Å². The molecule has 2 aliphatic rings. The average molecular weight is 223 g/mol. The van der Waals surface area contributed by atoms with Gasteiger partial charge in [0.1, 0.15) is 0 Å². The van der Waals surface area contributed by atoms with E-state index >= 15 is 0 Å². The highest BCUT2D eigenvalue weighted by molar-refractivity contribution is 5.94. The Morgan fingerprint density at radius 1 is 1.12 bits per heavy atom. The molecule has 0 aromatic rings. The van der Waals surface area contributed by atoms with Crippen LogP contribution in [-0.2, 0) is 9.59 Å². The standard InChI is InChI=1S/C12H17NO3/c14-11(5-6-12(15)16)13-8-7-9-3-1-2-4-10(9)13/h5-6,9-10H,1-4,7-8H2,(H,15,16)/b6-5+. The second-order valence-electron chi connectivity index (χ2n) is 4.60. The summed E-state index contributed by atoms with van der Waals surface area (Å²) in [4.78, 5) is 24.0. The molecule has 1 saturated heterocycles. The summed E-state index contributed by atoms with van der Waals surface area (Å²) in [6.45, 7) is 0.790. The number of aliphatic carboxylic acids is 1. The minimum atomic E-state index is -1.06. The van der Waals surface area contributed by atoms with Crippen LogP contribution in [-0.4, -0.2) is 34.5 Å². The zero-order chi connectivity index (χ0) is 11.5. The minimum absolute atomic E-state index is 0.142. The molecule has 4 heteroatoms. The van der Waals surface area contributed by atoms with E-state index < -0.39 is 5.97 Å². The van der Waals surface area contributed by atoms with Crippen molar-refractivity contribution in [2.75, 3.05) is 6.54 Å². The first-order chi connectivity index (χ1) is 7.68. The highest BCUT2D eigenvalue weighted by Crippen LogP contribution is 2.36. The highest BCUT2D eigenvalue weighted by Gasteiger charge is 2.37. The molecule has 88 valence electrons. The van der Waals surface area contributed by atoms with Crippen LogP contribution < -0.4 is 0 Å². The van der Waals surface area contributed by atoms with Crippen LogP contribution in [0.1, 0.15) is 32.1 Å². The topological polar surface area (TPSA) is 57.6 Å². The fourth-order valence-electron chi connectivity index (χ4n) is 2.92. The lowest BCUT2D eigenvalue weighted by atomic mass is 9.85. The molecule has 1 aliphatic carbocycles. The monoisotopic (exact) mass is 223 g/mol. The van der Waals surface area contributed by atoms with Gasteiger partial charge in [0.25, 0.3) is 0 Å². The third-order valence-corrected chi connectivity index (χ3v) is 3.66. The van der Waals surface area contributed by atoms with Gasteiger partial charge in [-0.1, -0.05) is 12.8 Å². The molecule has 1 aliphatic heterocycles. The van der Waals surface area contributed by atoms with E-state index in [0.29, 0.717) is 12.0 Å². The van der Waals surface area contributed by atoms with Crippen LogP contribution in [0.2, 0.25) is 0 Å². The molecule has 2 unspecified atom stereocenters. The lowest BCUT2D eigenvalue weighted by Gasteiger charge is -2.30. The fraction of sp³-hybridized carbons (Fsp3) is 0.667. The Balaban J connectivity index is 1.99. The quantitative estimate of drug-likeness (QED) is 0.720. The van der Waals surface area contributed by atoms with Gasteiger partial charge in [-0.3, -0.25) is 4.79 Å². The maximum atomic E-state index is 11.8. The van der Waals surface area contributed by atoms with Crippen LogP contribution in [0.15, 0.2) is 12.2 Å². The molecule has 1 heterocycles. The highest BCUT2D eigenvalue weighted by atomic mass is 16.4. The Morgan fingerprint density at radius 2 is 1.88 bits per heavy atom. The Morgan fingerprint density at radius 3 is 2.62 bits per heavy atom. The van der Waals surface area contributed by atoms with Crippen molar-refractivity contribution in [3.63, 3.8) is 0 Å². The maximum absolute atomic E-state index is 11.8. The van der Waals surface area contributed by atoms with Crippen molar-refractivity contribution in [3.8, 4) is 0 Å². The van der Waals surface area contributed by atoms with E-state index in [1.165, 1.54) is 25.3 Å². The molecule has 1 N–H and O–H groups in total. The number of likely N-dealkylation sites (tertiary alicyclic amines) is 1. The van der Waals surface area contributed by atoms with Gasteiger partial charge >= 0.3 is 5.97 Å². The molecule has 2 fully saturated rings. The number of carbonyl (C=O) groups is 2. The summed E-state index contributed by atoms with van der Waals surface area (Å²) in [6.07, 6.45) is 7.95. The van der Waals surface area contributed by atoms with Crippen molar-refractivity contribution in [3.05, 3.63) is 12.2 Å². The lowest BCUT2D eigenvalue weighted by Crippen LogP contribution is -2.38. The number of carboxylic acids is 1. The molecular weight excluding hydrogens is 206 g/mol. The molecule has 1 amide bonds. The molecule has 16 heavy (non-hydrogen) atoms. The van der Waals surface area contributed by atoms with Crippen LogP contribution >= 0.6 is 0 Å². The van der Waals surface area contributed by atoms with E-state index in [9.17, 15) is 9.59 Å². The largest absolute Gasteiger partial charge is 0.478 e. The van der Waals surface area contributed by atoms with Crippen LogP contribution in [0.4, 0.5) is 0 Å². The van der Waals surface area contributed by atoms with Crippen LogP contribution in [0.25, 0.3) is 0 Å². The van der Waals surface area contributed by atoms with E-state index in [-0.39, 0.29) is 5.91 Å². The van der Waals surface area contributed by atoms with Crippen molar-refractivity contribution < 1.29 is 14.7 Å². The number of carbonyl (C=O) groups excluding carboxylic acids is 1. The molecule has 4 nitrogen and oxygen atoms in total. The molecule has 0 aromatic heterocycles. The second-order valence-corrected chi connectivity index (χ2v) is 4.60. The number of carboxylic acid groups (broad SMARTS) is 1. The van der Waals surface area contributed by atoms with Crippen molar-refractivity contribution in [1.29, 1.82) is 0 Å². The Hall–Kier alpha value is -1.32. The molecule has 1 saturated carbocycles. The van der Waals surface area contributed by atoms with Crippen LogP contribution in [0.5, 0.6) is 0 Å². The van der Waals surface area contributed by atoms with Gasteiger partial charge in [0.05, 0.1) is 0 Å². The Bertz CT molecular complexity index is 324. The summed E-state index contributed by atoms with van der Waals surface area (Å²) in [6, 6.07) is 0.361. The minimum Gasteiger partial charge on any atom is -0.478 e. The zero-order valence-electron chi connectivity index (χ0n) is 9.26. The summed E-state index contributed by atoms with van der Waals surface area (Å²) in [5.74, 6) is -0.555. The first kappa shape index (κ1) is 11.2. The van der Waals surface area contributed by atoms with Crippen molar-refractivity contribution in [2.24, 2.45) is 5.92 Å². The number of rotatable bonds is 2. The molecule has 0 spiro atoms. The molecule has 0 bridgehead atoms. The summed E-state index contributed by atoms with van der Waals surface area (Å²) >= 11 is 0. The van der Waals surface area contributed by atoms with E-state index in [1.54, 1.807) is 0 Å². The third kappa shape index (κ3) is 2.26. The molecular formula is C12H17NO3. The van der Waals surface area contributed by atoms with Gasteiger partial charge in [-0.25, -0.2) is 4.79 Å². The fourth-order valence-corrected chi connectivity index (χ4v) is 2.92. The third-order valence-electron chi connectivity index (χ3n) is 3.66. The van der Waals surface area contributed by atoms with E-state index in [0.717, 1.165) is 25.5 Å². The number of hydrogen-bond acceptors (Lipinski definition) is 2. The number of hydrogen-bond donors (Lipinski definition) is 1. The summed E-state index contributed by atoms with van der Waals surface area (Å²) in [7, 11) is 0. The van der Waals surface area contributed by atoms with E-state index in [1.807, 2.05) is 4.90 Å². The number of nitrogens with zero attached hydrogens (tertiary/aromatic N) is 1. The smallest absolute Gasteiger partial charge is 0.328 e. The Labute approximate surface area is 94.9 Å². The second kappa shape index (κ2) is 4.68. The molecule has 2 atom stereocenters. The van der Waals surface area contributed by atoms with Gasteiger partial charge in [0, 0.05) is 24.7 Å². The number of fused-ring (bicyclic) bond motifs is 1. The number of amides is 1. The van der Waals surface area contributed by atoms with E-state index in [4.69, 9.17) is 5.11 Å². The summed E-state index contributed by atoms with van der Waals surface area (Å²) in [5, 5.41) is 8.48. The van der Waals surface area contributed by atoms with Crippen LogP contribution in [0, 0.1) is 5.92 Å². The zero-order valence-corrected chi connectivity index (χ0v) is 9.26. The average Bonchev–Trinajstić information content (AvgIpc) is 2.69. The van der Waals surface area contributed by atoms with Crippen LogP contribution in [0.3, 0.4) is 0 Å². The SMILES string of the molecule is O=C(O)/C=C/C(=O)N1CCC2CCCCC21. The first-order valence-electron chi connectivity index (χ1n) is 5.90. The Kier molecular flexibility index (Phi) is 3.27. The first-order valence-corrected chi connectivity index (χ1v) is 5.90. The van der Waals surface area contributed by atoms with Gasteiger partial charge < -0.3 is 10.0 Å². The summed E-state index contributed by atoms with van der Waals surface area (Å²) in [5.41, 5.74) is 0. The lowest BCUT2D eigenvalue weighted by molar-refractivity contribution is -0.132. The van der Waals surface area contributed by atoms with Gasteiger partial charge in [-0.05, 0) is 25.2 Å². The van der Waals surface area contributed by atoms with Gasteiger partial charge in [0.15, 0.2) is 0 Å². The normalized spacial score (nSPS) is 29.4. The predicted molar refractivity (Wildman–Crippen MR) is 58.9 cm³/mol. The van der Waals surface area contributed by atoms with Gasteiger partial charge in [-0.2, -0.15) is 0 Å². The van der Waals surface area contributed by atoms with Gasteiger partial charge in [0.2, 0.25) is 5.91 Å². The van der Waals surface area contributed by atoms with Crippen molar-refractivity contribution in [2.45, 2.75) is 38.1 Å². The van der Waals surface area contributed by atoms with Crippen molar-refractivity contribution >= 4 is 11.9 Å². The predicted octanol–water partition coefficient (Wildman–Crippen LogP) is 1.42. The molecule has 2 rings (SSSR count). The molecule has 0 aromatic carbocycles. The van der Waals surface area contributed by atoms with Gasteiger partial charge in [-0.15, -0.1) is 0 Å². The van der Waals surface area contributed by atoms with E-state index in [2.05, 4.69) is 0 Å². The maximum Gasteiger partial charge on any atom is 0.328 e. The molecule has 0 radical (unpaired) electrons. The summed E-state index contributed by atoms with van der Waals surface area (Å²) < 4.78 is 0.